The Morgan fingerprint density at radius 3 is 2.59 bits per heavy atom. The van der Waals surface area contributed by atoms with Crippen LogP contribution < -0.4 is 11.1 Å². The molecule has 17 heavy (non-hydrogen) atoms. The molecule has 3 heteroatoms. The first-order chi connectivity index (χ1) is 8.25. The van der Waals surface area contributed by atoms with Crippen LogP contribution in [0, 0.1) is 5.92 Å². The quantitative estimate of drug-likeness (QED) is 0.788. The first kappa shape index (κ1) is 12.1. The van der Waals surface area contributed by atoms with Gasteiger partial charge in [0.05, 0.1) is 6.54 Å². The minimum atomic E-state index is -0.292. The Labute approximate surface area is 102 Å². The Hall–Kier alpha value is -1.35. The van der Waals surface area contributed by atoms with Gasteiger partial charge in [0.25, 0.3) is 0 Å². The molecule has 1 aromatic carbocycles. The van der Waals surface area contributed by atoms with Crippen molar-refractivity contribution in [2.75, 3.05) is 6.54 Å². The largest absolute Gasteiger partial charge is 0.369 e. The fourth-order valence-electron chi connectivity index (χ4n) is 2.31. The molecule has 0 heterocycles. The van der Waals surface area contributed by atoms with E-state index in [1.807, 2.05) is 18.2 Å². The molecule has 0 aliphatic heterocycles. The number of rotatable bonds is 6. The summed E-state index contributed by atoms with van der Waals surface area (Å²) in [5, 5.41) is 3.26. The lowest BCUT2D eigenvalue weighted by Crippen LogP contribution is -2.33. The lowest BCUT2D eigenvalue weighted by Gasteiger charge is -2.30. The molecule has 2 rings (SSSR count). The molecule has 1 aliphatic rings. The van der Waals surface area contributed by atoms with Crippen molar-refractivity contribution < 1.29 is 4.79 Å². The van der Waals surface area contributed by atoms with E-state index in [1.165, 1.54) is 24.8 Å². The summed E-state index contributed by atoms with van der Waals surface area (Å²) in [6.45, 7) is 0.256. The monoisotopic (exact) mass is 232 g/mol. The summed E-state index contributed by atoms with van der Waals surface area (Å²) in [5.41, 5.74) is 6.45. The number of hydrogen-bond donors (Lipinski definition) is 2. The van der Waals surface area contributed by atoms with Crippen LogP contribution in [0.4, 0.5) is 0 Å². The van der Waals surface area contributed by atoms with Gasteiger partial charge < -0.3 is 11.1 Å². The van der Waals surface area contributed by atoms with Crippen molar-refractivity contribution in [2.24, 2.45) is 11.7 Å². The molecule has 1 unspecified atom stereocenters. The lowest BCUT2D eigenvalue weighted by atomic mass is 9.79. The molecule has 1 saturated carbocycles. The van der Waals surface area contributed by atoms with Crippen LogP contribution in [0.1, 0.15) is 37.3 Å². The molecular formula is C14H20N2O. The number of nitrogens with two attached hydrogens (primary N) is 1. The maximum atomic E-state index is 10.9. The Morgan fingerprint density at radius 2 is 2.06 bits per heavy atom. The van der Waals surface area contributed by atoms with E-state index in [2.05, 4.69) is 17.4 Å². The Balaban J connectivity index is 1.98. The second-order valence-electron chi connectivity index (χ2n) is 4.84. The maximum absolute atomic E-state index is 10.9. The number of hydrogen-bond acceptors (Lipinski definition) is 2. The van der Waals surface area contributed by atoms with Gasteiger partial charge in [0.1, 0.15) is 0 Å². The topological polar surface area (TPSA) is 55.1 Å². The van der Waals surface area contributed by atoms with Crippen LogP contribution in [-0.4, -0.2) is 12.5 Å². The number of amides is 1. The molecule has 0 saturated heterocycles. The molecule has 0 aromatic heterocycles. The van der Waals surface area contributed by atoms with Gasteiger partial charge in [0.15, 0.2) is 0 Å². The normalized spacial score (nSPS) is 17.4. The summed E-state index contributed by atoms with van der Waals surface area (Å²) in [6, 6.07) is 10.6. The Bertz CT molecular complexity index is 360. The van der Waals surface area contributed by atoms with Crippen LogP contribution in [0.25, 0.3) is 0 Å². The molecule has 3 N–H and O–H groups in total. The highest BCUT2D eigenvalue weighted by Crippen LogP contribution is 2.34. The van der Waals surface area contributed by atoms with Crippen LogP contribution in [-0.2, 0) is 4.79 Å². The predicted molar refractivity (Wildman–Crippen MR) is 68.3 cm³/mol. The number of nitrogens with one attached hydrogen (secondary N) is 1. The summed E-state index contributed by atoms with van der Waals surface area (Å²) < 4.78 is 0. The molecule has 0 bridgehead atoms. The van der Waals surface area contributed by atoms with Gasteiger partial charge in [0.2, 0.25) is 5.91 Å². The van der Waals surface area contributed by atoms with E-state index in [-0.39, 0.29) is 18.5 Å². The zero-order chi connectivity index (χ0) is 12.1. The minimum absolute atomic E-state index is 0.256. The molecular weight excluding hydrogens is 212 g/mol. The molecule has 92 valence electrons. The predicted octanol–water partition coefficient (Wildman–Crippen LogP) is 1.99. The minimum Gasteiger partial charge on any atom is -0.369 e. The zero-order valence-corrected chi connectivity index (χ0v) is 10.1. The first-order valence-electron chi connectivity index (χ1n) is 6.32. The van der Waals surface area contributed by atoms with E-state index >= 15 is 0 Å². The zero-order valence-electron chi connectivity index (χ0n) is 10.1. The summed E-state index contributed by atoms with van der Waals surface area (Å²) in [6.07, 6.45) is 5.10. The van der Waals surface area contributed by atoms with E-state index in [0.717, 1.165) is 12.3 Å². The van der Waals surface area contributed by atoms with Crippen molar-refractivity contribution in [1.82, 2.24) is 5.32 Å². The molecule has 0 radical (unpaired) electrons. The molecule has 1 aliphatic carbocycles. The van der Waals surface area contributed by atoms with Crippen molar-refractivity contribution in [3.63, 3.8) is 0 Å². The standard InChI is InChI=1S/C14H20N2O/c15-14(17)10-16-13(9-11-5-4-6-11)12-7-2-1-3-8-12/h1-3,7-8,11,13,16H,4-6,9-10H2,(H2,15,17). The van der Waals surface area contributed by atoms with Crippen LogP contribution in [0.15, 0.2) is 30.3 Å². The third kappa shape index (κ3) is 3.56. The number of carbonyl (C=O) groups excluding carboxylic acids is 1. The summed E-state index contributed by atoms with van der Waals surface area (Å²) in [7, 11) is 0. The highest BCUT2D eigenvalue weighted by Gasteiger charge is 2.22. The third-order valence-corrected chi connectivity index (χ3v) is 3.52. The highest BCUT2D eigenvalue weighted by atomic mass is 16.1. The van der Waals surface area contributed by atoms with Gasteiger partial charge in [-0.2, -0.15) is 0 Å². The van der Waals surface area contributed by atoms with Crippen molar-refractivity contribution in [2.45, 2.75) is 31.7 Å². The van der Waals surface area contributed by atoms with Gasteiger partial charge in [-0.15, -0.1) is 0 Å². The average molecular weight is 232 g/mol. The second-order valence-corrected chi connectivity index (χ2v) is 4.84. The first-order valence-corrected chi connectivity index (χ1v) is 6.32. The van der Waals surface area contributed by atoms with Gasteiger partial charge >= 0.3 is 0 Å². The SMILES string of the molecule is NC(=O)CNC(CC1CCC1)c1ccccc1. The Morgan fingerprint density at radius 1 is 1.35 bits per heavy atom. The molecule has 1 amide bonds. The van der Waals surface area contributed by atoms with Crippen molar-refractivity contribution in [3.8, 4) is 0 Å². The van der Waals surface area contributed by atoms with Crippen LogP contribution in [0.5, 0.6) is 0 Å². The molecule has 1 atom stereocenters. The molecule has 1 fully saturated rings. The van der Waals surface area contributed by atoms with Crippen LogP contribution in [0.3, 0.4) is 0 Å². The molecule has 3 nitrogen and oxygen atoms in total. The van der Waals surface area contributed by atoms with Crippen LogP contribution >= 0.6 is 0 Å². The number of primary amides is 1. The lowest BCUT2D eigenvalue weighted by molar-refractivity contribution is -0.117. The van der Waals surface area contributed by atoms with Gasteiger partial charge in [-0.05, 0) is 17.9 Å². The Kier molecular flexibility index (Phi) is 4.15. The van der Waals surface area contributed by atoms with E-state index < -0.39 is 0 Å². The highest BCUT2D eigenvalue weighted by molar-refractivity contribution is 5.75. The van der Waals surface area contributed by atoms with Crippen molar-refractivity contribution >= 4 is 5.91 Å². The third-order valence-electron chi connectivity index (χ3n) is 3.52. The average Bonchev–Trinajstić information content (AvgIpc) is 2.27. The van der Waals surface area contributed by atoms with E-state index in [1.54, 1.807) is 0 Å². The molecule has 0 spiro atoms. The van der Waals surface area contributed by atoms with Crippen molar-refractivity contribution in [3.05, 3.63) is 35.9 Å². The van der Waals surface area contributed by atoms with E-state index in [9.17, 15) is 4.79 Å². The van der Waals surface area contributed by atoms with Gasteiger partial charge in [-0.1, -0.05) is 49.6 Å². The van der Waals surface area contributed by atoms with E-state index in [4.69, 9.17) is 5.73 Å². The van der Waals surface area contributed by atoms with Gasteiger partial charge in [0, 0.05) is 6.04 Å². The van der Waals surface area contributed by atoms with Gasteiger partial charge in [-0.3, -0.25) is 4.79 Å². The smallest absolute Gasteiger partial charge is 0.231 e. The number of benzene rings is 1. The fourth-order valence-corrected chi connectivity index (χ4v) is 2.31. The van der Waals surface area contributed by atoms with Gasteiger partial charge in [-0.25, -0.2) is 0 Å². The fraction of sp³-hybridized carbons (Fsp3) is 0.500. The molecule has 1 aromatic rings. The summed E-state index contributed by atoms with van der Waals surface area (Å²) >= 11 is 0. The van der Waals surface area contributed by atoms with Crippen molar-refractivity contribution in [1.29, 1.82) is 0 Å². The van der Waals surface area contributed by atoms with E-state index in [0.29, 0.717) is 0 Å². The van der Waals surface area contributed by atoms with Crippen LogP contribution in [0.2, 0.25) is 0 Å². The number of carbonyl (C=O) groups is 1. The summed E-state index contributed by atoms with van der Waals surface area (Å²) in [5.74, 6) is 0.514. The maximum Gasteiger partial charge on any atom is 0.231 e. The second kappa shape index (κ2) is 5.82. The summed E-state index contributed by atoms with van der Waals surface area (Å²) in [4.78, 5) is 10.9.